The first-order chi connectivity index (χ1) is 20.6. The molecule has 42 heavy (non-hydrogen) atoms. The molecule has 1 amide bonds. The van der Waals surface area contributed by atoms with Crippen molar-refractivity contribution in [2.75, 3.05) is 18.2 Å². The van der Waals surface area contributed by atoms with Crippen LogP contribution in [0.4, 0.5) is 11.5 Å². The number of hydrogen-bond donors (Lipinski definition) is 3. The molecule has 0 unspecified atom stereocenters. The van der Waals surface area contributed by atoms with Crippen molar-refractivity contribution in [3.8, 4) is 11.6 Å². The smallest absolute Gasteiger partial charge is 0.293 e. The fraction of sp³-hybridized carbons (Fsp3) is 0.111. The van der Waals surface area contributed by atoms with Crippen LogP contribution in [0.15, 0.2) is 82.5 Å². The van der Waals surface area contributed by atoms with Gasteiger partial charge in [0.25, 0.3) is 5.91 Å². The molecule has 6 aromatic rings. The summed E-state index contributed by atoms with van der Waals surface area (Å²) in [5, 5.41) is 31.3. The third-order valence-corrected chi connectivity index (χ3v) is 6.33. The van der Waals surface area contributed by atoms with E-state index in [9.17, 15) is 4.79 Å². The van der Waals surface area contributed by atoms with Crippen LogP contribution in [0.3, 0.4) is 0 Å². The molecule has 4 N–H and O–H groups in total. The summed E-state index contributed by atoms with van der Waals surface area (Å²) < 4.78 is 13.3. The molecule has 0 aliphatic rings. The maximum absolute atomic E-state index is 13.1. The zero-order valence-electron chi connectivity index (χ0n) is 22.2. The lowest BCUT2D eigenvalue weighted by molar-refractivity contribution is 0.0949. The van der Waals surface area contributed by atoms with E-state index in [2.05, 4.69) is 46.8 Å². The lowest BCUT2D eigenvalue weighted by Gasteiger charge is -2.10. The molecule has 0 saturated heterocycles. The number of ether oxygens (including phenoxy) is 1. The number of carbonyl (C=O) groups excluding carboxylic acids is 1. The van der Waals surface area contributed by atoms with Gasteiger partial charge in [-0.1, -0.05) is 40.8 Å². The Kier molecular flexibility index (Phi) is 7.18. The maximum Gasteiger partial charge on any atom is 0.293 e. The predicted molar refractivity (Wildman–Crippen MR) is 152 cm³/mol. The molecule has 0 bridgehead atoms. The van der Waals surface area contributed by atoms with Crippen LogP contribution in [0.5, 0.6) is 5.75 Å². The largest absolute Gasteiger partial charge is 0.496 e. The topological polar surface area (TPSA) is 189 Å². The van der Waals surface area contributed by atoms with E-state index in [0.29, 0.717) is 18.0 Å². The monoisotopic (exact) mass is 564 g/mol. The van der Waals surface area contributed by atoms with Crippen LogP contribution in [0.2, 0.25) is 0 Å². The molecule has 0 spiro atoms. The molecule has 0 saturated carbocycles. The number of methoxy groups -OCH3 is 1. The van der Waals surface area contributed by atoms with E-state index in [4.69, 9.17) is 15.1 Å². The minimum absolute atomic E-state index is 0.0000375. The molecule has 0 radical (unpaired) electrons. The molecule has 0 aliphatic carbocycles. The highest BCUT2D eigenvalue weighted by Gasteiger charge is 2.23. The van der Waals surface area contributed by atoms with Crippen molar-refractivity contribution < 1.29 is 14.2 Å². The summed E-state index contributed by atoms with van der Waals surface area (Å²) in [7, 11) is 1.60. The van der Waals surface area contributed by atoms with Gasteiger partial charge in [0.2, 0.25) is 11.6 Å². The number of nitrogen functional groups attached to an aromatic ring is 1. The fourth-order valence-electron chi connectivity index (χ4n) is 4.30. The predicted octanol–water partition coefficient (Wildman–Crippen LogP) is 2.41. The number of fused-ring (bicyclic) bond motifs is 1. The van der Waals surface area contributed by atoms with Gasteiger partial charge in [-0.25, -0.2) is 14.7 Å². The first-order valence-electron chi connectivity index (χ1n) is 12.7. The Labute approximate surface area is 237 Å². The molecule has 0 aliphatic heterocycles. The Bertz CT molecular complexity index is 1880. The number of nitrogens with zero attached hydrogens (tertiary/aromatic N) is 9. The van der Waals surface area contributed by atoms with Crippen molar-refractivity contribution in [1.29, 1.82) is 0 Å². The lowest BCUT2D eigenvalue weighted by atomic mass is 10.1. The van der Waals surface area contributed by atoms with Gasteiger partial charge in [-0.15, -0.1) is 10.2 Å². The first-order valence-corrected chi connectivity index (χ1v) is 12.7. The van der Waals surface area contributed by atoms with Gasteiger partial charge in [0.05, 0.1) is 37.6 Å². The highest BCUT2D eigenvalue weighted by molar-refractivity contribution is 5.94. The molecule has 15 nitrogen and oxygen atoms in total. The van der Waals surface area contributed by atoms with Gasteiger partial charge in [0.15, 0.2) is 5.69 Å². The molecule has 3 heterocycles. The van der Waals surface area contributed by atoms with Crippen LogP contribution < -0.4 is 21.2 Å². The average molecular weight is 565 g/mol. The van der Waals surface area contributed by atoms with Crippen LogP contribution in [0, 0.1) is 0 Å². The summed E-state index contributed by atoms with van der Waals surface area (Å²) >= 11 is 0. The second kappa shape index (κ2) is 11.5. The van der Waals surface area contributed by atoms with Crippen LogP contribution in [-0.4, -0.2) is 59.5 Å². The van der Waals surface area contributed by atoms with Crippen molar-refractivity contribution >= 4 is 34.7 Å². The number of para-hydroxylation sites is 2. The average Bonchev–Trinajstić information content (AvgIpc) is 3.75. The summed E-state index contributed by atoms with van der Waals surface area (Å²) in [4.78, 5) is 13.1. The minimum atomic E-state index is -0.583. The van der Waals surface area contributed by atoms with Gasteiger partial charge in [-0.2, -0.15) is 9.78 Å². The van der Waals surface area contributed by atoms with Crippen LogP contribution in [0.25, 0.3) is 16.9 Å². The zero-order chi connectivity index (χ0) is 28.9. The minimum Gasteiger partial charge on any atom is -0.496 e. The summed E-state index contributed by atoms with van der Waals surface area (Å²) in [6.45, 7) is 0.604. The maximum atomic E-state index is 13.1. The number of nitrogens with two attached hydrogens (primary N) is 1. The van der Waals surface area contributed by atoms with Crippen LogP contribution in [-0.2, 0) is 13.1 Å². The van der Waals surface area contributed by atoms with E-state index in [-0.39, 0.29) is 23.9 Å². The van der Waals surface area contributed by atoms with E-state index >= 15 is 0 Å². The van der Waals surface area contributed by atoms with E-state index in [0.717, 1.165) is 27.8 Å². The van der Waals surface area contributed by atoms with E-state index < -0.39 is 5.91 Å². The fourth-order valence-corrected chi connectivity index (χ4v) is 4.30. The van der Waals surface area contributed by atoms with E-state index in [1.165, 1.54) is 10.9 Å². The number of hydrogen-bond acceptors (Lipinski definition) is 12. The summed E-state index contributed by atoms with van der Waals surface area (Å²) in [5.41, 5.74) is 12.9. The summed E-state index contributed by atoms with van der Waals surface area (Å²) in [5.74, 6) is 0.214. The highest BCUT2D eigenvalue weighted by Crippen LogP contribution is 2.22. The third-order valence-electron chi connectivity index (χ3n) is 6.33. The lowest BCUT2D eigenvalue weighted by Crippen LogP contribution is -2.21. The van der Waals surface area contributed by atoms with Gasteiger partial charge < -0.3 is 15.8 Å². The number of aromatic nitrogens is 8. The first kappa shape index (κ1) is 26.1. The number of anilines is 2. The Morgan fingerprint density at radius 2 is 1.88 bits per heavy atom. The second-order valence-electron chi connectivity index (χ2n) is 9.00. The van der Waals surface area contributed by atoms with Gasteiger partial charge in [0.1, 0.15) is 11.3 Å². The Morgan fingerprint density at radius 3 is 2.69 bits per heavy atom. The van der Waals surface area contributed by atoms with Crippen molar-refractivity contribution in [1.82, 2.24) is 45.7 Å². The number of rotatable bonds is 10. The van der Waals surface area contributed by atoms with Crippen molar-refractivity contribution in [2.45, 2.75) is 13.1 Å². The van der Waals surface area contributed by atoms with Crippen LogP contribution in [0.1, 0.15) is 27.3 Å². The van der Waals surface area contributed by atoms with Gasteiger partial charge >= 0.3 is 0 Å². The summed E-state index contributed by atoms with van der Waals surface area (Å²) in [6.07, 6.45) is 1.52. The SMILES string of the molecule is COc1ccc(/C=N/NC(=O)c2nnn(-c3nonc3N)c2CNc2ccccc2)cc1Cn1nnc2ccccc21. The van der Waals surface area contributed by atoms with Gasteiger partial charge in [0, 0.05) is 11.3 Å². The molecule has 15 heteroatoms. The number of amides is 1. The normalized spacial score (nSPS) is 11.3. The van der Waals surface area contributed by atoms with Crippen molar-refractivity contribution in [3.05, 3.63) is 95.3 Å². The molecular weight excluding hydrogens is 540 g/mol. The molecule has 0 fully saturated rings. The number of hydrazone groups is 1. The van der Waals surface area contributed by atoms with Gasteiger partial charge in [-0.05, 0) is 58.3 Å². The van der Waals surface area contributed by atoms with E-state index in [1.54, 1.807) is 11.8 Å². The number of carbonyl (C=O) groups is 1. The quantitative estimate of drug-likeness (QED) is 0.164. The molecule has 3 aromatic heterocycles. The second-order valence-corrected chi connectivity index (χ2v) is 9.00. The third kappa shape index (κ3) is 5.33. The molecule has 210 valence electrons. The Hall–Kier alpha value is -6.12. The number of nitrogens with one attached hydrogen (secondary N) is 2. The standard InChI is InChI=1S/C27H24N12O3/c1-41-23-12-11-17(13-18(23)16-38-21-10-6-5-9-20(21)31-36-38)14-30-33-27(40)24-22(15-29-19-7-3-2-4-8-19)39(37-32-24)26-25(28)34-42-35-26/h2-14,29H,15-16H2,1H3,(H2,28,34)(H,33,40)/b30-14+. The molecule has 6 rings (SSSR count). The van der Waals surface area contributed by atoms with Gasteiger partial charge in [-0.3, -0.25) is 4.79 Å². The molecule has 3 aromatic carbocycles. The Balaban J connectivity index is 1.21. The Morgan fingerprint density at radius 1 is 1.05 bits per heavy atom. The van der Waals surface area contributed by atoms with Crippen LogP contribution >= 0.6 is 0 Å². The van der Waals surface area contributed by atoms with Crippen molar-refractivity contribution in [3.63, 3.8) is 0 Å². The molecule has 0 atom stereocenters. The zero-order valence-corrected chi connectivity index (χ0v) is 22.2. The highest BCUT2D eigenvalue weighted by atomic mass is 16.6. The number of benzene rings is 3. The molecular formula is C27H24N12O3. The summed E-state index contributed by atoms with van der Waals surface area (Å²) in [6, 6.07) is 22.7. The van der Waals surface area contributed by atoms with E-state index in [1.807, 2.05) is 72.8 Å². The van der Waals surface area contributed by atoms with Crippen molar-refractivity contribution in [2.24, 2.45) is 5.10 Å².